The Morgan fingerprint density at radius 3 is 2.47 bits per heavy atom. The van der Waals surface area contributed by atoms with Crippen LogP contribution < -0.4 is 9.47 Å². The Hall–Kier alpha value is -1.51. The first-order valence-corrected chi connectivity index (χ1v) is 4.91. The van der Waals surface area contributed by atoms with Crippen molar-refractivity contribution < 1.29 is 14.3 Å². The normalized spacial score (nSPS) is 14.1. The van der Waals surface area contributed by atoms with Gasteiger partial charge in [-0.25, -0.2) is 0 Å². The van der Waals surface area contributed by atoms with E-state index in [1.165, 1.54) is 0 Å². The van der Waals surface area contributed by atoms with E-state index in [1.54, 1.807) is 0 Å². The van der Waals surface area contributed by atoms with Gasteiger partial charge in [0.25, 0.3) is 0 Å². The summed E-state index contributed by atoms with van der Waals surface area (Å²) in [5, 5.41) is 0. The van der Waals surface area contributed by atoms with Gasteiger partial charge in [-0.15, -0.1) is 0 Å². The number of ether oxygens (including phenoxy) is 2. The average Bonchev–Trinajstić information content (AvgIpc) is 2.63. The molecule has 0 atom stereocenters. The zero-order chi connectivity index (χ0) is 11.1. The van der Waals surface area contributed by atoms with Gasteiger partial charge in [-0.3, -0.25) is 0 Å². The summed E-state index contributed by atoms with van der Waals surface area (Å²) >= 11 is 0. The van der Waals surface area contributed by atoms with Crippen molar-refractivity contribution in [2.24, 2.45) is 0 Å². The molecule has 1 aliphatic rings. The summed E-state index contributed by atoms with van der Waals surface area (Å²) in [4.78, 5) is 11.0. The van der Waals surface area contributed by atoms with Crippen LogP contribution in [0.4, 0.5) is 0 Å². The molecule has 0 saturated carbocycles. The quantitative estimate of drug-likeness (QED) is 0.696. The van der Waals surface area contributed by atoms with Gasteiger partial charge >= 0.3 is 0 Å². The van der Waals surface area contributed by atoms with E-state index in [-0.39, 0.29) is 6.79 Å². The second-order valence-electron chi connectivity index (χ2n) is 4.36. The fourth-order valence-corrected chi connectivity index (χ4v) is 1.80. The highest BCUT2D eigenvalue weighted by Gasteiger charge is 2.25. The van der Waals surface area contributed by atoms with Crippen molar-refractivity contribution in [3.8, 4) is 11.5 Å². The lowest BCUT2D eigenvalue weighted by molar-refractivity contribution is -0.111. The summed E-state index contributed by atoms with van der Waals surface area (Å²) in [7, 11) is 0. The lowest BCUT2D eigenvalue weighted by Crippen LogP contribution is -2.19. The average molecular weight is 206 g/mol. The van der Waals surface area contributed by atoms with Crippen LogP contribution in [-0.2, 0) is 10.2 Å². The van der Waals surface area contributed by atoms with Crippen molar-refractivity contribution in [3.63, 3.8) is 0 Å². The number of benzene rings is 1. The Kier molecular flexibility index (Phi) is 2.18. The van der Waals surface area contributed by atoms with Crippen molar-refractivity contribution in [1.29, 1.82) is 0 Å². The number of carbonyl (C=O) groups excluding carboxylic acids is 1. The molecule has 0 unspecified atom stereocenters. The van der Waals surface area contributed by atoms with Gasteiger partial charge in [0, 0.05) is 5.41 Å². The number of fused-ring (bicyclic) bond motifs is 1. The molecule has 1 heterocycles. The van der Waals surface area contributed by atoms with Crippen LogP contribution in [0.3, 0.4) is 0 Å². The molecule has 15 heavy (non-hydrogen) atoms. The molecular weight excluding hydrogens is 192 g/mol. The van der Waals surface area contributed by atoms with E-state index in [4.69, 9.17) is 9.47 Å². The maximum Gasteiger partial charge on any atom is 0.231 e. The summed E-state index contributed by atoms with van der Waals surface area (Å²) < 4.78 is 10.6. The van der Waals surface area contributed by atoms with Crippen LogP contribution in [0.15, 0.2) is 12.1 Å². The number of hydrogen-bond acceptors (Lipinski definition) is 3. The largest absolute Gasteiger partial charge is 0.454 e. The van der Waals surface area contributed by atoms with Crippen molar-refractivity contribution in [1.82, 2.24) is 0 Å². The highest BCUT2D eigenvalue weighted by Crippen LogP contribution is 2.38. The lowest BCUT2D eigenvalue weighted by atomic mass is 9.83. The molecule has 0 radical (unpaired) electrons. The molecule has 0 amide bonds. The third kappa shape index (κ3) is 1.58. The molecule has 0 spiro atoms. The molecule has 0 aliphatic carbocycles. The molecule has 1 aromatic rings. The fraction of sp³-hybridized carbons (Fsp3) is 0.417. The van der Waals surface area contributed by atoms with Crippen molar-refractivity contribution in [2.75, 3.05) is 6.79 Å². The minimum Gasteiger partial charge on any atom is -0.454 e. The van der Waals surface area contributed by atoms with Gasteiger partial charge in [-0.05, 0) is 44.0 Å². The first kappa shape index (κ1) is 10.0. The third-order valence-corrected chi connectivity index (χ3v) is 2.71. The van der Waals surface area contributed by atoms with Crippen LogP contribution in [0.5, 0.6) is 11.5 Å². The maximum atomic E-state index is 11.0. The molecule has 1 aromatic carbocycles. The first-order valence-electron chi connectivity index (χ1n) is 4.91. The Morgan fingerprint density at radius 1 is 1.27 bits per heavy atom. The SMILES string of the molecule is Cc1cc2c(cc1C(C)(C)C=O)OCO2. The molecule has 0 N–H and O–H groups in total. The van der Waals surface area contributed by atoms with E-state index in [0.717, 1.165) is 28.9 Å². The van der Waals surface area contributed by atoms with E-state index in [9.17, 15) is 4.79 Å². The first-order chi connectivity index (χ1) is 7.04. The van der Waals surface area contributed by atoms with Crippen molar-refractivity contribution >= 4 is 6.29 Å². The van der Waals surface area contributed by atoms with Crippen molar-refractivity contribution in [3.05, 3.63) is 23.3 Å². The van der Waals surface area contributed by atoms with E-state index < -0.39 is 5.41 Å². The highest BCUT2D eigenvalue weighted by atomic mass is 16.7. The topological polar surface area (TPSA) is 35.5 Å². The second-order valence-corrected chi connectivity index (χ2v) is 4.36. The Morgan fingerprint density at radius 2 is 1.87 bits per heavy atom. The number of aldehydes is 1. The van der Waals surface area contributed by atoms with Gasteiger partial charge in [-0.2, -0.15) is 0 Å². The lowest BCUT2D eigenvalue weighted by Gasteiger charge is -2.20. The smallest absolute Gasteiger partial charge is 0.231 e. The fourth-order valence-electron chi connectivity index (χ4n) is 1.80. The van der Waals surface area contributed by atoms with Crippen LogP contribution in [0.2, 0.25) is 0 Å². The number of hydrogen-bond donors (Lipinski definition) is 0. The maximum absolute atomic E-state index is 11.0. The molecule has 0 saturated heterocycles. The van der Waals surface area contributed by atoms with Crippen LogP contribution in [0.25, 0.3) is 0 Å². The third-order valence-electron chi connectivity index (χ3n) is 2.71. The van der Waals surface area contributed by atoms with Gasteiger partial charge in [0.2, 0.25) is 6.79 Å². The predicted octanol–water partition coefficient (Wildman–Crippen LogP) is 2.20. The summed E-state index contributed by atoms with van der Waals surface area (Å²) in [6, 6.07) is 3.81. The molecule has 2 rings (SSSR count). The zero-order valence-corrected chi connectivity index (χ0v) is 9.16. The second kappa shape index (κ2) is 3.26. The molecule has 3 heteroatoms. The van der Waals surface area contributed by atoms with Crippen LogP contribution >= 0.6 is 0 Å². The highest BCUT2D eigenvalue weighted by molar-refractivity contribution is 5.69. The minimum atomic E-state index is -0.481. The van der Waals surface area contributed by atoms with Gasteiger partial charge in [0.1, 0.15) is 6.29 Å². The molecule has 1 aliphatic heterocycles. The molecule has 0 bridgehead atoms. The van der Waals surface area contributed by atoms with Crippen LogP contribution in [0, 0.1) is 6.92 Å². The Labute approximate surface area is 89.0 Å². The summed E-state index contributed by atoms with van der Waals surface area (Å²) in [5.74, 6) is 1.49. The Bertz CT molecular complexity index is 408. The van der Waals surface area contributed by atoms with E-state index in [1.807, 2.05) is 32.9 Å². The van der Waals surface area contributed by atoms with Gasteiger partial charge in [0.15, 0.2) is 11.5 Å². The van der Waals surface area contributed by atoms with E-state index in [2.05, 4.69) is 0 Å². The number of rotatable bonds is 2. The molecule has 3 nitrogen and oxygen atoms in total. The Balaban J connectivity index is 2.54. The summed E-state index contributed by atoms with van der Waals surface area (Å²) in [6.45, 7) is 6.03. The minimum absolute atomic E-state index is 0.264. The molecule has 0 aromatic heterocycles. The summed E-state index contributed by atoms with van der Waals surface area (Å²) in [5.41, 5.74) is 1.56. The van der Waals surface area contributed by atoms with Gasteiger partial charge in [0.05, 0.1) is 0 Å². The van der Waals surface area contributed by atoms with Gasteiger partial charge < -0.3 is 14.3 Å². The van der Waals surface area contributed by atoms with Gasteiger partial charge in [-0.1, -0.05) is 0 Å². The number of carbonyl (C=O) groups is 1. The predicted molar refractivity (Wildman–Crippen MR) is 56.4 cm³/mol. The zero-order valence-electron chi connectivity index (χ0n) is 9.16. The van der Waals surface area contributed by atoms with Crippen molar-refractivity contribution in [2.45, 2.75) is 26.2 Å². The number of aryl methyl sites for hydroxylation is 1. The summed E-state index contributed by atoms with van der Waals surface area (Å²) in [6.07, 6.45) is 0.956. The van der Waals surface area contributed by atoms with E-state index >= 15 is 0 Å². The standard InChI is InChI=1S/C12H14O3/c1-8-4-10-11(15-7-14-10)5-9(8)12(2,3)6-13/h4-6H,7H2,1-3H3. The molecule has 80 valence electrons. The van der Waals surface area contributed by atoms with Crippen LogP contribution in [-0.4, -0.2) is 13.1 Å². The molecular formula is C12H14O3. The molecule has 0 fully saturated rings. The van der Waals surface area contributed by atoms with E-state index in [0.29, 0.717) is 0 Å². The van der Waals surface area contributed by atoms with Crippen LogP contribution in [0.1, 0.15) is 25.0 Å². The monoisotopic (exact) mass is 206 g/mol.